The normalized spacial score (nSPS) is 12.4. The first-order valence-corrected chi connectivity index (χ1v) is 9.91. The zero-order chi connectivity index (χ0) is 17.1. The zero-order valence-electron chi connectivity index (χ0n) is 14.4. The molecule has 0 bridgehead atoms. The predicted molar refractivity (Wildman–Crippen MR) is 96.5 cm³/mol. The van der Waals surface area contributed by atoms with Crippen molar-refractivity contribution in [2.24, 2.45) is 10.9 Å². The van der Waals surface area contributed by atoms with Crippen molar-refractivity contribution in [3.63, 3.8) is 0 Å². The van der Waals surface area contributed by atoms with E-state index in [4.69, 9.17) is 0 Å². The topological polar surface area (TPSA) is 70.6 Å². The quantitative estimate of drug-likeness (QED) is 0.412. The molecule has 1 rings (SSSR count). The summed E-state index contributed by atoms with van der Waals surface area (Å²) in [5, 5.41) is 6.46. The maximum Gasteiger partial charge on any atom is 0.190 e. The SMILES string of the molecule is CCC(CC)CNC(=NC)NCCCS(=O)(=O)c1ccccc1. The first-order chi connectivity index (χ1) is 11.0. The molecule has 0 unspecified atom stereocenters. The predicted octanol–water partition coefficient (Wildman–Crippen LogP) is 2.45. The molecule has 0 heterocycles. The van der Waals surface area contributed by atoms with Gasteiger partial charge in [0.25, 0.3) is 0 Å². The van der Waals surface area contributed by atoms with Crippen LogP contribution in [0.4, 0.5) is 0 Å². The maximum atomic E-state index is 12.2. The number of sulfone groups is 1. The van der Waals surface area contributed by atoms with Gasteiger partial charge in [-0.1, -0.05) is 44.9 Å². The number of nitrogens with zero attached hydrogens (tertiary/aromatic N) is 1. The van der Waals surface area contributed by atoms with Gasteiger partial charge in [-0.15, -0.1) is 0 Å². The van der Waals surface area contributed by atoms with Crippen molar-refractivity contribution in [3.8, 4) is 0 Å². The lowest BCUT2D eigenvalue weighted by Gasteiger charge is -2.16. The molecule has 0 aliphatic carbocycles. The molecule has 0 aliphatic rings. The third kappa shape index (κ3) is 7.03. The van der Waals surface area contributed by atoms with Crippen LogP contribution in [-0.2, 0) is 9.84 Å². The lowest BCUT2D eigenvalue weighted by atomic mass is 10.0. The number of nitrogens with one attached hydrogen (secondary N) is 2. The lowest BCUT2D eigenvalue weighted by Crippen LogP contribution is -2.40. The van der Waals surface area contributed by atoms with Crippen molar-refractivity contribution in [3.05, 3.63) is 30.3 Å². The number of aliphatic imine (C=N–C) groups is 1. The molecule has 1 aromatic rings. The molecular weight excluding hydrogens is 310 g/mol. The fourth-order valence-corrected chi connectivity index (χ4v) is 3.59. The van der Waals surface area contributed by atoms with Crippen molar-refractivity contribution in [2.45, 2.75) is 38.0 Å². The Morgan fingerprint density at radius 1 is 1.13 bits per heavy atom. The van der Waals surface area contributed by atoms with Gasteiger partial charge in [0.2, 0.25) is 0 Å². The van der Waals surface area contributed by atoms with E-state index in [9.17, 15) is 8.42 Å². The molecule has 2 N–H and O–H groups in total. The molecule has 23 heavy (non-hydrogen) atoms. The number of rotatable bonds is 9. The third-order valence-corrected chi connectivity index (χ3v) is 5.74. The highest BCUT2D eigenvalue weighted by atomic mass is 32.2. The summed E-state index contributed by atoms with van der Waals surface area (Å²) >= 11 is 0. The Morgan fingerprint density at radius 3 is 2.35 bits per heavy atom. The highest BCUT2D eigenvalue weighted by molar-refractivity contribution is 7.91. The van der Waals surface area contributed by atoms with E-state index in [1.807, 2.05) is 6.07 Å². The smallest absolute Gasteiger partial charge is 0.190 e. The van der Waals surface area contributed by atoms with Crippen LogP contribution >= 0.6 is 0 Å². The monoisotopic (exact) mass is 339 g/mol. The second-order valence-electron chi connectivity index (χ2n) is 5.55. The molecule has 1 aromatic carbocycles. The summed E-state index contributed by atoms with van der Waals surface area (Å²) in [6, 6.07) is 8.58. The molecule has 0 aromatic heterocycles. The van der Waals surface area contributed by atoms with E-state index in [0.29, 0.717) is 23.8 Å². The Labute approximate surface area is 140 Å². The molecule has 0 saturated heterocycles. The van der Waals surface area contributed by atoms with Gasteiger partial charge in [-0.25, -0.2) is 8.42 Å². The van der Waals surface area contributed by atoms with E-state index in [-0.39, 0.29) is 5.75 Å². The van der Waals surface area contributed by atoms with Crippen molar-refractivity contribution in [1.29, 1.82) is 0 Å². The third-order valence-electron chi connectivity index (χ3n) is 3.92. The molecule has 0 radical (unpaired) electrons. The van der Waals surface area contributed by atoms with Crippen molar-refractivity contribution >= 4 is 15.8 Å². The van der Waals surface area contributed by atoms with Crippen molar-refractivity contribution in [2.75, 3.05) is 25.9 Å². The highest BCUT2D eigenvalue weighted by Gasteiger charge is 2.13. The Hall–Kier alpha value is -1.56. The minimum Gasteiger partial charge on any atom is -0.356 e. The van der Waals surface area contributed by atoms with Crippen LogP contribution in [0.2, 0.25) is 0 Å². The van der Waals surface area contributed by atoms with Gasteiger partial charge in [0.05, 0.1) is 10.6 Å². The largest absolute Gasteiger partial charge is 0.356 e. The molecule has 0 amide bonds. The van der Waals surface area contributed by atoms with Gasteiger partial charge in [0, 0.05) is 20.1 Å². The fourth-order valence-electron chi connectivity index (χ4n) is 2.25. The average Bonchev–Trinajstić information content (AvgIpc) is 2.58. The Morgan fingerprint density at radius 2 is 1.78 bits per heavy atom. The summed E-state index contributed by atoms with van der Waals surface area (Å²) < 4.78 is 24.3. The summed E-state index contributed by atoms with van der Waals surface area (Å²) in [6.07, 6.45) is 2.81. The molecule has 0 aliphatic heterocycles. The Bertz CT molecular complexity index is 567. The molecular formula is C17H29N3O2S. The fraction of sp³-hybridized carbons (Fsp3) is 0.588. The Kier molecular flexibility index (Phi) is 8.69. The summed E-state index contributed by atoms with van der Waals surface area (Å²) in [5.41, 5.74) is 0. The second kappa shape index (κ2) is 10.3. The summed E-state index contributed by atoms with van der Waals surface area (Å²) in [4.78, 5) is 4.55. The standard InChI is InChI=1S/C17H29N3O2S/c1-4-15(5-2)14-20-17(18-3)19-12-9-13-23(21,22)16-10-7-6-8-11-16/h6-8,10-11,15H,4-5,9,12-14H2,1-3H3,(H2,18,19,20). The molecule has 0 atom stereocenters. The van der Waals surface area contributed by atoms with E-state index in [1.54, 1.807) is 31.3 Å². The molecule has 0 fully saturated rings. The summed E-state index contributed by atoms with van der Waals surface area (Å²) in [7, 11) is -1.47. The molecule has 0 spiro atoms. The second-order valence-corrected chi connectivity index (χ2v) is 7.66. The molecule has 130 valence electrons. The minimum absolute atomic E-state index is 0.132. The van der Waals surface area contributed by atoms with E-state index in [1.165, 1.54) is 0 Å². The summed E-state index contributed by atoms with van der Waals surface area (Å²) in [5.74, 6) is 1.49. The van der Waals surface area contributed by atoms with Crippen molar-refractivity contribution in [1.82, 2.24) is 10.6 Å². The number of guanidine groups is 1. The van der Waals surface area contributed by atoms with Crippen LogP contribution in [0.3, 0.4) is 0 Å². The van der Waals surface area contributed by atoms with Gasteiger partial charge in [-0.2, -0.15) is 0 Å². The zero-order valence-corrected chi connectivity index (χ0v) is 15.2. The van der Waals surface area contributed by atoms with Crippen LogP contribution < -0.4 is 10.6 Å². The molecule has 5 nitrogen and oxygen atoms in total. The highest BCUT2D eigenvalue weighted by Crippen LogP contribution is 2.10. The van der Waals surface area contributed by atoms with Gasteiger partial charge < -0.3 is 10.6 Å². The molecule has 0 saturated carbocycles. The number of hydrogen-bond acceptors (Lipinski definition) is 3. The van der Waals surface area contributed by atoms with Crippen LogP contribution in [0.25, 0.3) is 0 Å². The van der Waals surface area contributed by atoms with Crippen LogP contribution in [0.1, 0.15) is 33.1 Å². The van der Waals surface area contributed by atoms with Crippen LogP contribution in [0.15, 0.2) is 40.2 Å². The van der Waals surface area contributed by atoms with Gasteiger partial charge in [-0.05, 0) is 24.5 Å². The van der Waals surface area contributed by atoms with Crippen LogP contribution in [-0.4, -0.2) is 40.3 Å². The van der Waals surface area contributed by atoms with Gasteiger partial charge in [0.15, 0.2) is 15.8 Å². The van der Waals surface area contributed by atoms with Gasteiger partial charge in [0.1, 0.15) is 0 Å². The van der Waals surface area contributed by atoms with Gasteiger partial charge >= 0.3 is 0 Å². The first kappa shape index (κ1) is 19.5. The summed E-state index contributed by atoms with van der Waals surface area (Å²) in [6.45, 7) is 5.82. The van der Waals surface area contributed by atoms with Gasteiger partial charge in [-0.3, -0.25) is 4.99 Å². The Balaban J connectivity index is 2.35. The van der Waals surface area contributed by atoms with E-state index in [2.05, 4.69) is 29.5 Å². The van der Waals surface area contributed by atoms with E-state index in [0.717, 1.165) is 25.3 Å². The number of benzene rings is 1. The van der Waals surface area contributed by atoms with E-state index >= 15 is 0 Å². The van der Waals surface area contributed by atoms with Crippen LogP contribution in [0.5, 0.6) is 0 Å². The van der Waals surface area contributed by atoms with E-state index < -0.39 is 9.84 Å². The van der Waals surface area contributed by atoms with Crippen LogP contribution in [0, 0.1) is 5.92 Å². The minimum atomic E-state index is -3.20. The molecule has 6 heteroatoms. The average molecular weight is 340 g/mol. The lowest BCUT2D eigenvalue weighted by molar-refractivity contribution is 0.481. The first-order valence-electron chi connectivity index (χ1n) is 8.25. The number of hydrogen-bond donors (Lipinski definition) is 2. The maximum absolute atomic E-state index is 12.2. The van der Waals surface area contributed by atoms with Crippen molar-refractivity contribution < 1.29 is 8.42 Å².